The molecule has 0 aromatic heterocycles. The summed E-state index contributed by atoms with van der Waals surface area (Å²) in [4.78, 5) is 12.0. The van der Waals surface area contributed by atoms with Crippen molar-refractivity contribution < 1.29 is 13.2 Å². The highest BCUT2D eigenvalue weighted by atomic mass is 32.2. The van der Waals surface area contributed by atoms with Crippen molar-refractivity contribution in [2.24, 2.45) is 0 Å². The summed E-state index contributed by atoms with van der Waals surface area (Å²) in [7, 11) is -3.65. The predicted octanol–water partition coefficient (Wildman–Crippen LogP) is 2.28. The van der Waals surface area contributed by atoms with Crippen LogP contribution in [0.25, 0.3) is 0 Å². The summed E-state index contributed by atoms with van der Waals surface area (Å²) in [5.74, 6) is -0.307. The zero-order chi connectivity index (χ0) is 16.7. The Morgan fingerprint density at radius 1 is 1.22 bits per heavy atom. The predicted molar refractivity (Wildman–Crippen MR) is 90.5 cm³/mol. The van der Waals surface area contributed by atoms with Crippen LogP contribution in [-0.4, -0.2) is 27.4 Å². The summed E-state index contributed by atoms with van der Waals surface area (Å²) in [6.07, 6.45) is 7.79. The van der Waals surface area contributed by atoms with Crippen molar-refractivity contribution in [1.29, 1.82) is 0 Å². The second kappa shape index (κ2) is 8.26. The Morgan fingerprint density at radius 2 is 2.00 bits per heavy atom. The van der Waals surface area contributed by atoms with Crippen LogP contribution in [-0.2, 0) is 14.8 Å². The van der Waals surface area contributed by atoms with Gasteiger partial charge in [-0.25, -0.2) is 13.1 Å². The molecule has 0 unspecified atom stereocenters. The maximum absolute atomic E-state index is 12.2. The van der Waals surface area contributed by atoms with E-state index >= 15 is 0 Å². The van der Waals surface area contributed by atoms with Crippen LogP contribution in [0.1, 0.15) is 37.7 Å². The average Bonchev–Trinajstić information content (AvgIpc) is 2.54. The molecule has 0 bridgehead atoms. The quantitative estimate of drug-likeness (QED) is 0.750. The van der Waals surface area contributed by atoms with Gasteiger partial charge < -0.3 is 5.32 Å². The van der Waals surface area contributed by atoms with Gasteiger partial charge in [-0.2, -0.15) is 0 Å². The van der Waals surface area contributed by atoms with Crippen LogP contribution < -0.4 is 10.0 Å². The monoisotopic (exact) mass is 336 g/mol. The Kier molecular flexibility index (Phi) is 6.36. The number of aryl methyl sites for hydroxylation is 1. The summed E-state index contributed by atoms with van der Waals surface area (Å²) in [5.41, 5.74) is 2.04. The van der Waals surface area contributed by atoms with Gasteiger partial charge in [-0.05, 0) is 50.7 Å². The van der Waals surface area contributed by atoms with E-state index in [9.17, 15) is 13.2 Å². The minimum atomic E-state index is -3.65. The summed E-state index contributed by atoms with van der Waals surface area (Å²) in [6, 6.07) is 6.71. The Hall–Kier alpha value is -1.66. The van der Waals surface area contributed by atoms with E-state index in [1.54, 1.807) is 25.1 Å². The molecule has 23 heavy (non-hydrogen) atoms. The smallest absolute Gasteiger partial charge is 0.241 e. The molecule has 1 aromatic rings. The lowest BCUT2D eigenvalue weighted by Gasteiger charge is -2.13. The van der Waals surface area contributed by atoms with Gasteiger partial charge in [0.15, 0.2) is 0 Å². The molecule has 6 heteroatoms. The second-order valence-corrected chi connectivity index (χ2v) is 7.53. The molecule has 1 aliphatic rings. The lowest BCUT2D eigenvalue weighted by molar-refractivity contribution is -0.119. The van der Waals surface area contributed by atoms with E-state index in [1.165, 1.54) is 24.5 Å². The Bertz CT molecular complexity index is 681. The van der Waals surface area contributed by atoms with Crippen molar-refractivity contribution in [3.8, 4) is 0 Å². The fraction of sp³-hybridized carbons (Fsp3) is 0.471. The van der Waals surface area contributed by atoms with E-state index in [1.807, 2.05) is 0 Å². The second-order valence-electron chi connectivity index (χ2n) is 5.80. The van der Waals surface area contributed by atoms with Crippen LogP contribution in [0.4, 0.5) is 0 Å². The molecule has 0 atom stereocenters. The molecule has 0 aliphatic heterocycles. The molecule has 0 fully saturated rings. The molecular formula is C17H24N2O3S. The van der Waals surface area contributed by atoms with Gasteiger partial charge in [-0.3, -0.25) is 4.79 Å². The first-order valence-electron chi connectivity index (χ1n) is 7.99. The zero-order valence-electron chi connectivity index (χ0n) is 13.5. The van der Waals surface area contributed by atoms with Crippen molar-refractivity contribution in [3.63, 3.8) is 0 Å². The number of allylic oxidation sites excluding steroid dienone is 1. The standard InChI is InChI=1S/C17H24N2O3S/c1-14-7-5-6-10-16(14)23(21,22)19-13-17(20)18-12-11-15-8-3-2-4-9-15/h5-8,10,19H,2-4,9,11-13H2,1H3,(H,18,20). The number of nitrogens with one attached hydrogen (secondary N) is 2. The first-order valence-corrected chi connectivity index (χ1v) is 9.47. The normalized spacial score (nSPS) is 15.1. The third kappa shape index (κ3) is 5.48. The van der Waals surface area contributed by atoms with Crippen LogP contribution in [0.15, 0.2) is 40.8 Å². The van der Waals surface area contributed by atoms with Crippen molar-refractivity contribution in [2.75, 3.05) is 13.1 Å². The van der Waals surface area contributed by atoms with E-state index < -0.39 is 10.0 Å². The van der Waals surface area contributed by atoms with E-state index in [0.717, 1.165) is 19.3 Å². The zero-order valence-corrected chi connectivity index (χ0v) is 14.3. The minimum absolute atomic E-state index is 0.208. The number of carbonyl (C=O) groups excluding carboxylic acids is 1. The fourth-order valence-corrected chi connectivity index (χ4v) is 3.88. The maximum Gasteiger partial charge on any atom is 0.241 e. The third-order valence-corrected chi connectivity index (χ3v) is 5.52. The van der Waals surface area contributed by atoms with Gasteiger partial charge in [0.25, 0.3) is 0 Å². The SMILES string of the molecule is Cc1ccccc1S(=O)(=O)NCC(=O)NCCC1=CCCCC1. The Balaban J connectivity index is 1.77. The van der Waals surface area contributed by atoms with Crippen LogP contribution in [0, 0.1) is 6.92 Å². The summed E-state index contributed by atoms with van der Waals surface area (Å²) in [6.45, 7) is 2.04. The minimum Gasteiger partial charge on any atom is -0.355 e. The van der Waals surface area contributed by atoms with Crippen LogP contribution in [0.2, 0.25) is 0 Å². The Morgan fingerprint density at radius 3 is 2.70 bits per heavy atom. The van der Waals surface area contributed by atoms with Crippen molar-refractivity contribution in [1.82, 2.24) is 10.0 Å². The van der Waals surface area contributed by atoms with Gasteiger partial charge in [-0.1, -0.05) is 29.8 Å². The molecule has 0 radical (unpaired) electrons. The third-order valence-electron chi connectivity index (χ3n) is 3.96. The van der Waals surface area contributed by atoms with E-state index in [-0.39, 0.29) is 17.3 Å². The number of sulfonamides is 1. The number of rotatable bonds is 7. The van der Waals surface area contributed by atoms with Gasteiger partial charge >= 0.3 is 0 Å². The van der Waals surface area contributed by atoms with E-state index in [4.69, 9.17) is 0 Å². The molecule has 0 saturated carbocycles. The van der Waals surface area contributed by atoms with Crippen LogP contribution >= 0.6 is 0 Å². The molecule has 0 spiro atoms. The number of benzene rings is 1. The van der Waals surface area contributed by atoms with Crippen molar-refractivity contribution in [3.05, 3.63) is 41.5 Å². The highest BCUT2D eigenvalue weighted by Crippen LogP contribution is 2.19. The number of amides is 1. The van der Waals surface area contributed by atoms with Crippen LogP contribution in [0.3, 0.4) is 0 Å². The lowest BCUT2D eigenvalue weighted by atomic mass is 9.97. The van der Waals surface area contributed by atoms with Crippen molar-refractivity contribution in [2.45, 2.75) is 43.9 Å². The molecule has 2 N–H and O–H groups in total. The van der Waals surface area contributed by atoms with Gasteiger partial charge in [0.2, 0.25) is 15.9 Å². The first-order chi connectivity index (χ1) is 11.0. The summed E-state index contributed by atoms with van der Waals surface area (Å²) >= 11 is 0. The number of carbonyl (C=O) groups is 1. The molecule has 0 saturated heterocycles. The number of hydrogen-bond donors (Lipinski definition) is 2. The number of hydrogen-bond acceptors (Lipinski definition) is 3. The van der Waals surface area contributed by atoms with E-state index in [2.05, 4.69) is 16.1 Å². The van der Waals surface area contributed by atoms with Gasteiger partial charge in [0.1, 0.15) is 0 Å². The van der Waals surface area contributed by atoms with Crippen LogP contribution in [0.5, 0.6) is 0 Å². The lowest BCUT2D eigenvalue weighted by Crippen LogP contribution is -2.37. The average molecular weight is 336 g/mol. The molecule has 126 valence electrons. The highest BCUT2D eigenvalue weighted by molar-refractivity contribution is 7.89. The topological polar surface area (TPSA) is 75.3 Å². The summed E-state index contributed by atoms with van der Waals surface area (Å²) < 4.78 is 26.7. The maximum atomic E-state index is 12.2. The molecule has 5 nitrogen and oxygen atoms in total. The van der Waals surface area contributed by atoms with E-state index in [0.29, 0.717) is 12.1 Å². The molecule has 0 heterocycles. The van der Waals surface area contributed by atoms with Crippen molar-refractivity contribution >= 4 is 15.9 Å². The molecule has 1 aliphatic carbocycles. The highest BCUT2D eigenvalue weighted by Gasteiger charge is 2.17. The largest absolute Gasteiger partial charge is 0.355 e. The molecule has 2 rings (SSSR count). The fourth-order valence-electron chi connectivity index (χ4n) is 2.65. The molecule has 1 aromatic carbocycles. The first kappa shape index (κ1) is 17.7. The molecule has 1 amide bonds. The van der Waals surface area contributed by atoms with Gasteiger partial charge in [0.05, 0.1) is 11.4 Å². The Labute approximate surface area is 138 Å². The summed E-state index contributed by atoms with van der Waals surface area (Å²) in [5, 5.41) is 2.76. The van der Waals surface area contributed by atoms with Gasteiger partial charge in [-0.15, -0.1) is 0 Å². The van der Waals surface area contributed by atoms with Gasteiger partial charge in [0, 0.05) is 6.54 Å². The molecular weight excluding hydrogens is 312 g/mol.